The molecular formula is C18H26N4O2. The second-order valence-corrected chi connectivity index (χ2v) is 6.67. The largest absolute Gasteiger partial charge is 0.337 e. The lowest BCUT2D eigenvalue weighted by molar-refractivity contribution is -0.139. The van der Waals surface area contributed by atoms with Crippen LogP contribution in [0.2, 0.25) is 0 Å². The highest BCUT2D eigenvalue weighted by Crippen LogP contribution is 2.21. The number of urea groups is 1. The first kappa shape index (κ1) is 16.8. The maximum atomic E-state index is 12.8. The van der Waals surface area contributed by atoms with Crippen molar-refractivity contribution in [1.82, 2.24) is 15.1 Å². The summed E-state index contributed by atoms with van der Waals surface area (Å²) >= 11 is 0. The van der Waals surface area contributed by atoms with E-state index >= 15 is 0 Å². The molecule has 2 atom stereocenters. The molecule has 1 unspecified atom stereocenters. The number of benzene rings is 1. The van der Waals surface area contributed by atoms with Gasteiger partial charge in [-0.3, -0.25) is 4.79 Å². The maximum absolute atomic E-state index is 12.8. The Hall–Kier alpha value is -2.08. The van der Waals surface area contributed by atoms with E-state index in [1.54, 1.807) is 4.90 Å². The second-order valence-electron chi connectivity index (χ2n) is 6.67. The highest BCUT2D eigenvalue weighted by atomic mass is 16.2. The molecule has 24 heavy (non-hydrogen) atoms. The van der Waals surface area contributed by atoms with E-state index < -0.39 is 0 Å². The predicted molar refractivity (Wildman–Crippen MR) is 93.8 cm³/mol. The zero-order valence-corrected chi connectivity index (χ0v) is 14.2. The summed E-state index contributed by atoms with van der Waals surface area (Å²) in [5, 5.41) is 6.22. The zero-order valence-electron chi connectivity index (χ0n) is 14.2. The van der Waals surface area contributed by atoms with Crippen LogP contribution in [0, 0.1) is 5.92 Å². The molecule has 3 amide bonds. The third-order valence-electron chi connectivity index (χ3n) is 4.87. The summed E-state index contributed by atoms with van der Waals surface area (Å²) < 4.78 is 0. The van der Waals surface area contributed by atoms with Crippen molar-refractivity contribution in [3.8, 4) is 0 Å². The summed E-state index contributed by atoms with van der Waals surface area (Å²) in [6.07, 6.45) is 1.74. The minimum Gasteiger partial charge on any atom is -0.337 e. The number of nitrogens with zero attached hydrogens (tertiary/aromatic N) is 2. The molecule has 1 aromatic carbocycles. The Bertz CT molecular complexity index is 578. The number of anilines is 1. The fourth-order valence-corrected chi connectivity index (χ4v) is 3.49. The van der Waals surface area contributed by atoms with E-state index in [4.69, 9.17) is 0 Å². The van der Waals surface area contributed by atoms with Crippen LogP contribution in [0.1, 0.15) is 19.8 Å². The molecule has 0 radical (unpaired) electrons. The van der Waals surface area contributed by atoms with Crippen molar-refractivity contribution in [3.63, 3.8) is 0 Å². The summed E-state index contributed by atoms with van der Waals surface area (Å²) in [7, 11) is 0. The van der Waals surface area contributed by atoms with Gasteiger partial charge in [-0.1, -0.05) is 18.2 Å². The Balaban J connectivity index is 1.59. The van der Waals surface area contributed by atoms with Crippen molar-refractivity contribution in [2.24, 2.45) is 5.92 Å². The summed E-state index contributed by atoms with van der Waals surface area (Å²) in [5.74, 6) is 0.113. The van der Waals surface area contributed by atoms with Crippen LogP contribution in [0.25, 0.3) is 0 Å². The molecule has 0 bridgehead atoms. The van der Waals surface area contributed by atoms with Crippen molar-refractivity contribution in [2.45, 2.75) is 25.8 Å². The number of carbonyl (C=O) groups is 2. The van der Waals surface area contributed by atoms with Gasteiger partial charge in [0, 0.05) is 44.5 Å². The van der Waals surface area contributed by atoms with Gasteiger partial charge in [0.1, 0.15) is 0 Å². The molecule has 0 aliphatic carbocycles. The van der Waals surface area contributed by atoms with Gasteiger partial charge >= 0.3 is 6.03 Å². The van der Waals surface area contributed by atoms with Crippen molar-refractivity contribution in [1.29, 1.82) is 0 Å². The fraction of sp³-hybridized carbons (Fsp3) is 0.556. The Labute approximate surface area is 143 Å². The predicted octanol–water partition coefficient (Wildman–Crippen LogP) is 1.75. The number of nitrogens with one attached hydrogen (secondary N) is 2. The lowest BCUT2D eigenvalue weighted by Crippen LogP contribution is -2.56. The highest BCUT2D eigenvalue weighted by molar-refractivity contribution is 5.90. The van der Waals surface area contributed by atoms with Gasteiger partial charge in [0.2, 0.25) is 5.91 Å². The molecule has 130 valence electrons. The summed E-state index contributed by atoms with van der Waals surface area (Å²) in [4.78, 5) is 29.0. The average Bonchev–Trinajstić information content (AvgIpc) is 2.62. The molecular weight excluding hydrogens is 304 g/mol. The molecule has 0 saturated carbocycles. The summed E-state index contributed by atoms with van der Waals surface area (Å²) in [6.45, 7) is 5.74. The lowest BCUT2D eigenvalue weighted by atomic mass is 9.95. The summed E-state index contributed by atoms with van der Waals surface area (Å²) in [6, 6.07) is 9.54. The standard InChI is InChI=1S/C18H26N4O2/c1-14-12-19-9-11-22(14)17(23)15-6-5-10-21(13-15)18(24)20-16-7-3-2-4-8-16/h2-4,7-8,14-15,19H,5-6,9-13H2,1H3,(H,20,24)/t14-,15?/m0/s1. The number of rotatable bonds is 2. The molecule has 2 aliphatic rings. The van der Waals surface area contributed by atoms with Crippen LogP contribution in [-0.2, 0) is 4.79 Å². The van der Waals surface area contributed by atoms with E-state index in [9.17, 15) is 9.59 Å². The van der Waals surface area contributed by atoms with Gasteiger partial charge in [-0.2, -0.15) is 0 Å². The van der Waals surface area contributed by atoms with E-state index in [2.05, 4.69) is 17.6 Å². The molecule has 2 N–H and O–H groups in total. The van der Waals surface area contributed by atoms with Crippen LogP contribution >= 0.6 is 0 Å². The number of para-hydroxylation sites is 1. The third-order valence-corrected chi connectivity index (χ3v) is 4.87. The number of piperazine rings is 1. The molecule has 2 fully saturated rings. The van der Waals surface area contributed by atoms with Gasteiger partial charge in [-0.25, -0.2) is 4.79 Å². The minimum absolute atomic E-state index is 0.0826. The highest BCUT2D eigenvalue weighted by Gasteiger charge is 2.33. The number of hydrogen-bond donors (Lipinski definition) is 2. The SMILES string of the molecule is C[C@H]1CNCCN1C(=O)C1CCCN(C(=O)Nc2ccccc2)C1. The smallest absolute Gasteiger partial charge is 0.321 e. The fourth-order valence-electron chi connectivity index (χ4n) is 3.49. The Morgan fingerprint density at radius 1 is 1.21 bits per heavy atom. The van der Waals surface area contributed by atoms with Crippen LogP contribution in [-0.4, -0.2) is 60.5 Å². The Morgan fingerprint density at radius 3 is 2.75 bits per heavy atom. The first-order valence-corrected chi connectivity index (χ1v) is 8.77. The van der Waals surface area contributed by atoms with Gasteiger partial charge in [0.15, 0.2) is 0 Å². The maximum Gasteiger partial charge on any atom is 0.321 e. The van der Waals surface area contributed by atoms with E-state index in [1.165, 1.54) is 0 Å². The molecule has 0 spiro atoms. The zero-order chi connectivity index (χ0) is 16.9. The van der Waals surface area contributed by atoms with Crippen molar-refractivity contribution in [2.75, 3.05) is 38.0 Å². The van der Waals surface area contributed by atoms with E-state index in [0.717, 1.165) is 38.2 Å². The van der Waals surface area contributed by atoms with Gasteiger partial charge in [-0.15, -0.1) is 0 Å². The van der Waals surface area contributed by atoms with Crippen molar-refractivity contribution in [3.05, 3.63) is 30.3 Å². The van der Waals surface area contributed by atoms with Crippen molar-refractivity contribution >= 4 is 17.6 Å². The minimum atomic E-state index is -0.118. The number of hydrogen-bond acceptors (Lipinski definition) is 3. The number of carbonyl (C=O) groups excluding carboxylic acids is 2. The first-order chi connectivity index (χ1) is 11.6. The molecule has 2 saturated heterocycles. The van der Waals surface area contributed by atoms with Crippen LogP contribution in [0.5, 0.6) is 0 Å². The molecule has 6 heteroatoms. The van der Waals surface area contributed by atoms with Gasteiger partial charge in [0.25, 0.3) is 0 Å². The van der Waals surface area contributed by atoms with Gasteiger partial charge < -0.3 is 20.4 Å². The van der Waals surface area contributed by atoms with Crippen LogP contribution < -0.4 is 10.6 Å². The molecule has 6 nitrogen and oxygen atoms in total. The molecule has 1 aromatic rings. The number of likely N-dealkylation sites (tertiary alicyclic amines) is 1. The summed E-state index contributed by atoms with van der Waals surface area (Å²) in [5.41, 5.74) is 0.784. The number of piperidine rings is 1. The number of amides is 3. The van der Waals surface area contributed by atoms with Gasteiger partial charge in [0.05, 0.1) is 5.92 Å². The Kier molecular flexibility index (Phi) is 5.35. The average molecular weight is 330 g/mol. The van der Waals surface area contributed by atoms with Gasteiger partial charge in [-0.05, 0) is 31.9 Å². The topological polar surface area (TPSA) is 64.7 Å². The molecule has 3 rings (SSSR count). The van der Waals surface area contributed by atoms with E-state index in [1.807, 2.05) is 35.2 Å². The van der Waals surface area contributed by atoms with Crippen molar-refractivity contribution < 1.29 is 9.59 Å². The molecule has 2 heterocycles. The van der Waals surface area contributed by atoms with Crippen LogP contribution in [0.15, 0.2) is 30.3 Å². The third kappa shape index (κ3) is 3.87. The lowest BCUT2D eigenvalue weighted by Gasteiger charge is -2.39. The molecule has 2 aliphatic heterocycles. The normalized spacial score (nSPS) is 24.5. The van der Waals surface area contributed by atoms with E-state index in [0.29, 0.717) is 13.1 Å². The monoisotopic (exact) mass is 330 g/mol. The quantitative estimate of drug-likeness (QED) is 0.868. The van der Waals surface area contributed by atoms with Crippen LogP contribution in [0.4, 0.5) is 10.5 Å². The van der Waals surface area contributed by atoms with E-state index in [-0.39, 0.29) is 23.9 Å². The van der Waals surface area contributed by atoms with Crippen LogP contribution in [0.3, 0.4) is 0 Å². The molecule has 0 aromatic heterocycles. The second kappa shape index (κ2) is 7.66. The first-order valence-electron chi connectivity index (χ1n) is 8.77. The Morgan fingerprint density at radius 2 is 2.00 bits per heavy atom.